The molecule has 2 aromatic heterocycles. The number of ether oxygens (including phenoxy) is 2. The number of hydrogen-bond acceptors (Lipinski definition) is 7. The van der Waals surface area contributed by atoms with Crippen LogP contribution in [0.4, 0.5) is 11.6 Å². The van der Waals surface area contributed by atoms with Crippen molar-refractivity contribution < 1.29 is 19.1 Å². The normalized spacial score (nSPS) is 14.9. The minimum absolute atomic E-state index is 0.139. The maximum atomic E-state index is 11.9. The number of fused-ring (bicyclic) bond motifs is 1. The molecule has 2 amide bonds. The standard InChI is InChI=1S/C26H25ClN6O4/c1-28-23(34)15-5-3-14(4-6-15)18-12-30-22-21(18)25(37-17-9-10-36-13-17)33-26(32-22)31-20-8-7-16(11-19(20)27)24(35)29-2/h3-8,11-12,17H,9-10,13H2,1-2H3,(H,28,34)(H,29,35)(H2,30,31,32,33)/t17-/m1/s1. The second-order valence-corrected chi connectivity index (χ2v) is 8.84. The molecule has 4 N–H and O–H groups in total. The fourth-order valence-electron chi connectivity index (χ4n) is 4.10. The molecule has 4 aromatic rings. The quantitative estimate of drug-likeness (QED) is 0.290. The van der Waals surface area contributed by atoms with Gasteiger partial charge in [0.1, 0.15) is 11.8 Å². The number of nitrogens with one attached hydrogen (secondary N) is 4. The maximum Gasteiger partial charge on any atom is 0.251 e. The zero-order valence-electron chi connectivity index (χ0n) is 20.2. The Morgan fingerprint density at radius 2 is 1.78 bits per heavy atom. The Hall–Kier alpha value is -4.15. The number of benzene rings is 2. The Morgan fingerprint density at radius 3 is 2.46 bits per heavy atom. The van der Waals surface area contributed by atoms with Gasteiger partial charge in [0, 0.05) is 43.4 Å². The third-order valence-corrected chi connectivity index (χ3v) is 6.37. The minimum atomic E-state index is -0.233. The van der Waals surface area contributed by atoms with Crippen LogP contribution in [0, 0.1) is 0 Å². The van der Waals surface area contributed by atoms with E-state index in [1.807, 2.05) is 18.3 Å². The predicted molar refractivity (Wildman–Crippen MR) is 141 cm³/mol. The Morgan fingerprint density at radius 1 is 1.05 bits per heavy atom. The van der Waals surface area contributed by atoms with E-state index in [2.05, 4.69) is 30.9 Å². The predicted octanol–water partition coefficient (Wildman–Crippen LogP) is 3.91. The summed E-state index contributed by atoms with van der Waals surface area (Å²) in [6.45, 7) is 1.10. The number of anilines is 2. The number of aromatic amines is 1. The van der Waals surface area contributed by atoms with Gasteiger partial charge in [0.05, 0.1) is 29.3 Å². The Bertz CT molecular complexity index is 1460. The first-order valence-electron chi connectivity index (χ1n) is 11.7. The molecule has 1 aliphatic rings. The summed E-state index contributed by atoms with van der Waals surface area (Å²) in [6.07, 6.45) is 2.45. The van der Waals surface area contributed by atoms with Crippen LogP contribution in [-0.2, 0) is 4.74 Å². The lowest BCUT2D eigenvalue weighted by atomic mass is 10.0. The van der Waals surface area contributed by atoms with E-state index in [-0.39, 0.29) is 23.9 Å². The van der Waals surface area contributed by atoms with Gasteiger partial charge < -0.3 is 30.4 Å². The minimum Gasteiger partial charge on any atom is -0.471 e. The van der Waals surface area contributed by atoms with Crippen LogP contribution in [0.25, 0.3) is 22.2 Å². The van der Waals surface area contributed by atoms with Crippen molar-refractivity contribution in [3.63, 3.8) is 0 Å². The third-order valence-electron chi connectivity index (χ3n) is 6.05. The monoisotopic (exact) mass is 520 g/mol. The summed E-state index contributed by atoms with van der Waals surface area (Å²) in [5.41, 5.74) is 3.83. The molecule has 0 saturated carbocycles. The van der Waals surface area contributed by atoms with Crippen LogP contribution in [0.15, 0.2) is 48.7 Å². The summed E-state index contributed by atoms with van der Waals surface area (Å²) in [7, 11) is 3.15. The highest BCUT2D eigenvalue weighted by atomic mass is 35.5. The highest BCUT2D eigenvalue weighted by molar-refractivity contribution is 6.33. The number of rotatable bonds is 7. The van der Waals surface area contributed by atoms with E-state index < -0.39 is 0 Å². The smallest absolute Gasteiger partial charge is 0.251 e. The first-order valence-corrected chi connectivity index (χ1v) is 12.1. The van der Waals surface area contributed by atoms with Crippen molar-refractivity contribution in [2.45, 2.75) is 12.5 Å². The Labute approximate surface area is 217 Å². The molecule has 0 radical (unpaired) electrons. The number of nitrogens with zero attached hydrogens (tertiary/aromatic N) is 2. The van der Waals surface area contributed by atoms with Crippen LogP contribution in [0.2, 0.25) is 5.02 Å². The molecule has 0 aliphatic carbocycles. The van der Waals surface area contributed by atoms with Gasteiger partial charge in [0.2, 0.25) is 11.8 Å². The summed E-state index contributed by atoms with van der Waals surface area (Å²) in [5.74, 6) is 0.284. The Balaban J connectivity index is 1.53. The zero-order valence-corrected chi connectivity index (χ0v) is 21.0. The zero-order chi connectivity index (χ0) is 25.9. The lowest BCUT2D eigenvalue weighted by Crippen LogP contribution is -2.18. The van der Waals surface area contributed by atoms with Crippen molar-refractivity contribution in [2.75, 3.05) is 32.6 Å². The molecule has 0 bridgehead atoms. The molecule has 2 aromatic carbocycles. The summed E-state index contributed by atoms with van der Waals surface area (Å²) in [4.78, 5) is 36.4. The SMILES string of the molecule is CNC(=O)c1ccc(-c2c[nH]c3nc(Nc4ccc(C(=O)NC)cc4Cl)nc(O[C@@H]4CCOC4)c23)cc1. The van der Waals surface area contributed by atoms with E-state index >= 15 is 0 Å². The van der Waals surface area contributed by atoms with E-state index in [4.69, 9.17) is 21.1 Å². The van der Waals surface area contributed by atoms with Gasteiger partial charge in [-0.25, -0.2) is 0 Å². The average molecular weight is 521 g/mol. The summed E-state index contributed by atoms with van der Waals surface area (Å²) in [5, 5.41) is 9.39. The van der Waals surface area contributed by atoms with Gasteiger partial charge in [-0.1, -0.05) is 23.7 Å². The molecule has 190 valence electrons. The van der Waals surface area contributed by atoms with Crippen LogP contribution < -0.4 is 20.7 Å². The second kappa shape index (κ2) is 10.5. The number of hydrogen-bond donors (Lipinski definition) is 4. The number of carbonyl (C=O) groups is 2. The molecule has 0 spiro atoms. The molecule has 1 saturated heterocycles. The van der Waals surface area contributed by atoms with Crippen LogP contribution in [0.5, 0.6) is 5.88 Å². The molecule has 3 heterocycles. The van der Waals surface area contributed by atoms with Gasteiger partial charge in [-0.15, -0.1) is 0 Å². The van der Waals surface area contributed by atoms with Crippen LogP contribution >= 0.6 is 11.6 Å². The number of carbonyl (C=O) groups excluding carboxylic acids is 2. The molecule has 37 heavy (non-hydrogen) atoms. The van der Waals surface area contributed by atoms with Crippen LogP contribution in [0.1, 0.15) is 27.1 Å². The van der Waals surface area contributed by atoms with Gasteiger partial charge in [0.25, 0.3) is 11.8 Å². The highest BCUT2D eigenvalue weighted by Gasteiger charge is 2.23. The number of amides is 2. The van der Waals surface area contributed by atoms with Crippen molar-refractivity contribution >= 4 is 46.1 Å². The number of aromatic nitrogens is 3. The fourth-order valence-corrected chi connectivity index (χ4v) is 4.33. The van der Waals surface area contributed by atoms with E-state index in [1.54, 1.807) is 44.4 Å². The van der Waals surface area contributed by atoms with Gasteiger partial charge in [-0.3, -0.25) is 9.59 Å². The van der Waals surface area contributed by atoms with Crippen LogP contribution in [0.3, 0.4) is 0 Å². The lowest BCUT2D eigenvalue weighted by molar-refractivity contribution is 0.0955. The van der Waals surface area contributed by atoms with E-state index in [0.29, 0.717) is 52.0 Å². The molecule has 1 atom stereocenters. The van der Waals surface area contributed by atoms with Gasteiger partial charge >= 0.3 is 0 Å². The molecule has 1 fully saturated rings. The van der Waals surface area contributed by atoms with Gasteiger partial charge in [-0.05, 0) is 35.9 Å². The Kier molecular flexibility index (Phi) is 6.93. The highest BCUT2D eigenvalue weighted by Crippen LogP contribution is 2.36. The van der Waals surface area contributed by atoms with Crippen molar-refractivity contribution in [2.24, 2.45) is 0 Å². The molecule has 11 heteroatoms. The van der Waals surface area contributed by atoms with E-state index in [9.17, 15) is 9.59 Å². The molecule has 0 unspecified atom stereocenters. The average Bonchev–Trinajstić information content (AvgIpc) is 3.59. The van der Waals surface area contributed by atoms with E-state index in [1.165, 1.54) is 0 Å². The molecule has 1 aliphatic heterocycles. The largest absolute Gasteiger partial charge is 0.471 e. The van der Waals surface area contributed by atoms with Crippen molar-refractivity contribution in [1.29, 1.82) is 0 Å². The number of halogens is 1. The maximum absolute atomic E-state index is 11.9. The third kappa shape index (κ3) is 5.07. The summed E-state index contributed by atoms with van der Waals surface area (Å²) >= 11 is 6.42. The first kappa shape index (κ1) is 24.5. The van der Waals surface area contributed by atoms with Gasteiger partial charge in [0.15, 0.2) is 0 Å². The fraction of sp³-hybridized carbons (Fsp3) is 0.231. The van der Waals surface area contributed by atoms with Gasteiger partial charge in [-0.2, -0.15) is 9.97 Å². The molecular weight excluding hydrogens is 496 g/mol. The second-order valence-electron chi connectivity index (χ2n) is 8.44. The van der Waals surface area contributed by atoms with Crippen LogP contribution in [-0.4, -0.2) is 60.2 Å². The summed E-state index contributed by atoms with van der Waals surface area (Å²) in [6, 6.07) is 12.2. The molecular formula is C26H25ClN6O4. The first-order chi connectivity index (χ1) is 18.0. The number of H-pyrrole nitrogens is 1. The summed E-state index contributed by atoms with van der Waals surface area (Å²) < 4.78 is 11.8. The van der Waals surface area contributed by atoms with Crippen molar-refractivity contribution in [1.82, 2.24) is 25.6 Å². The topological polar surface area (TPSA) is 130 Å². The van der Waals surface area contributed by atoms with E-state index in [0.717, 1.165) is 17.5 Å². The van der Waals surface area contributed by atoms with Crippen molar-refractivity contribution in [3.8, 4) is 17.0 Å². The molecule has 10 nitrogen and oxygen atoms in total. The lowest BCUT2D eigenvalue weighted by Gasteiger charge is -2.15. The molecule has 5 rings (SSSR count). The van der Waals surface area contributed by atoms with Crippen molar-refractivity contribution in [3.05, 3.63) is 64.8 Å².